The molecule has 1 aromatic carbocycles. The Morgan fingerprint density at radius 3 is 2.26 bits per heavy atom. The number of carboxylic acid groups (broad SMARTS) is 1. The number of para-hydroxylation sites is 1. The van der Waals surface area contributed by atoms with Crippen LogP contribution in [-0.4, -0.2) is 128 Å². The normalized spacial score (nSPS) is 17.5. The monoisotopic (exact) mass is 698 g/mol. The lowest BCUT2D eigenvalue weighted by molar-refractivity contribution is -0.155. The average Bonchev–Trinajstić information content (AvgIpc) is 3.74. The molecule has 0 saturated carbocycles. The van der Waals surface area contributed by atoms with Gasteiger partial charge in [-0.2, -0.15) is 5.10 Å². The molecule has 3 heterocycles. The van der Waals surface area contributed by atoms with Crippen molar-refractivity contribution in [3.8, 4) is 11.6 Å². The molecule has 4 amide bonds. The molecule has 50 heavy (non-hydrogen) atoms. The largest absolute Gasteiger partial charge is 0.480 e. The van der Waals surface area contributed by atoms with Gasteiger partial charge in [0.15, 0.2) is 11.8 Å². The number of carbonyl (C=O) groups is 6. The van der Waals surface area contributed by atoms with Crippen LogP contribution in [0.25, 0.3) is 5.69 Å². The minimum atomic E-state index is -1.14. The summed E-state index contributed by atoms with van der Waals surface area (Å²) in [6.45, 7) is 9.76. The molecule has 1 aromatic heterocycles. The highest BCUT2D eigenvalue weighted by molar-refractivity contribution is 5.96. The molecule has 0 bridgehead atoms. The molecule has 272 valence electrons. The Morgan fingerprint density at radius 2 is 1.64 bits per heavy atom. The molecule has 16 nitrogen and oxygen atoms in total. The Labute approximate surface area is 290 Å². The van der Waals surface area contributed by atoms with E-state index in [1.54, 1.807) is 58.0 Å². The maximum absolute atomic E-state index is 13.8. The lowest BCUT2D eigenvalue weighted by Crippen LogP contribution is -2.56. The number of likely N-dealkylation sites (tertiary alicyclic amines) is 1. The van der Waals surface area contributed by atoms with E-state index in [0.717, 1.165) is 0 Å². The minimum Gasteiger partial charge on any atom is -0.480 e. The molecule has 2 fully saturated rings. The maximum atomic E-state index is 13.8. The zero-order valence-electron chi connectivity index (χ0n) is 29.1. The van der Waals surface area contributed by atoms with E-state index in [4.69, 9.17) is 14.2 Å². The van der Waals surface area contributed by atoms with Crippen molar-refractivity contribution in [2.75, 3.05) is 39.3 Å². The number of benzene rings is 1. The van der Waals surface area contributed by atoms with Gasteiger partial charge in [-0.3, -0.25) is 19.2 Å². The highest BCUT2D eigenvalue weighted by atomic mass is 16.6. The van der Waals surface area contributed by atoms with Crippen LogP contribution >= 0.6 is 0 Å². The van der Waals surface area contributed by atoms with E-state index in [-0.39, 0.29) is 63.7 Å². The number of carbonyl (C=O) groups excluding carboxylic acids is 5. The van der Waals surface area contributed by atoms with Gasteiger partial charge in [-0.25, -0.2) is 14.3 Å². The van der Waals surface area contributed by atoms with E-state index in [1.165, 1.54) is 32.4 Å². The molecule has 2 aromatic rings. The van der Waals surface area contributed by atoms with Crippen LogP contribution < -0.4 is 10.1 Å². The van der Waals surface area contributed by atoms with E-state index in [2.05, 4.69) is 10.4 Å². The van der Waals surface area contributed by atoms with Crippen LogP contribution in [0.15, 0.2) is 36.4 Å². The smallest absolute Gasteiger partial charge is 0.409 e. The Balaban J connectivity index is 1.55. The van der Waals surface area contributed by atoms with E-state index in [9.17, 15) is 33.9 Å². The third-order valence-electron chi connectivity index (χ3n) is 8.15. The zero-order valence-corrected chi connectivity index (χ0v) is 29.1. The van der Waals surface area contributed by atoms with Gasteiger partial charge in [0, 0.05) is 45.2 Å². The van der Waals surface area contributed by atoms with Crippen LogP contribution in [0.3, 0.4) is 0 Å². The number of piperazine rings is 1. The second kappa shape index (κ2) is 16.5. The third kappa shape index (κ3) is 9.72. The number of aromatic nitrogens is 2. The van der Waals surface area contributed by atoms with Gasteiger partial charge in [0.1, 0.15) is 17.7 Å². The molecule has 0 radical (unpaired) electrons. The molecule has 2 unspecified atom stereocenters. The number of ether oxygens (including phenoxy) is 3. The number of esters is 1. The van der Waals surface area contributed by atoms with Gasteiger partial charge in [0.05, 0.1) is 12.3 Å². The highest BCUT2D eigenvalue weighted by Gasteiger charge is 2.37. The van der Waals surface area contributed by atoms with Crippen LogP contribution in [0, 0.1) is 0 Å². The summed E-state index contributed by atoms with van der Waals surface area (Å²) in [6.07, 6.45) is -0.907. The van der Waals surface area contributed by atoms with Crippen LogP contribution in [0.4, 0.5) is 4.79 Å². The number of nitrogens with one attached hydrogen (secondary N) is 1. The molecule has 2 aliphatic rings. The van der Waals surface area contributed by atoms with Crippen molar-refractivity contribution in [1.29, 1.82) is 0 Å². The van der Waals surface area contributed by atoms with Gasteiger partial charge in [0.2, 0.25) is 11.8 Å². The highest BCUT2D eigenvalue weighted by Crippen LogP contribution is 2.24. The van der Waals surface area contributed by atoms with Crippen LogP contribution in [0.2, 0.25) is 0 Å². The first-order chi connectivity index (χ1) is 23.7. The van der Waals surface area contributed by atoms with E-state index < -0.39 is 59.5 Å². The third-order valence-corrected chi connectivity index (χ3v) is 8.15. The predicted molar refractivity (Wildman–Crippen MR) is 178 cm³/mol. The Bertz CT molecular complexity index is 1550. The fourth-order valence-corrected chi connectivity index (χ4v) is 5.75. The molecule has 4 rings (SSSR count). The van der Waals surface area contributed by atoms with Crippen molar-refractivity contribution in [3.63, 3.8) is 0 Å². The standard InChI is InChI=1S/C34H46N6O10/c1-6-48-33(47)38-19-17-37(18-20-38)31(44)24(14-15-28(41)50-34(3,4)5)35-29(42)25-21-27(40(36-25)23-11-8-7-9-12-23)49-22(2)30(43)39-16-10-13-26(39)32(45)46/h7-9,11-12,21-22,24,26H,6,10,13-20H2,1-5H3,(H,35,42)(H,45,46)/t22-,24?,26?/m0/s1. The van der Waals surface area contributed by atoms with Crippen molar-refractivity contribution in [2.24, 2.45) is 0 Å². The molecule has 3 atom stereocenters. The molecule has 16 heteroatoms. The molecule has 2 aliphatic heterocycles. The lowest BCUT2D eigenvalue weighted by atomic mass is 10.1. The molecule has 0 aliphatic carbocycles. The van der Waals surface area contributed by atoms with Gasteiger partial charge in [0.25, 0.3) is 11.8 Å². The summed E-state index contributed by atoms with van der Waals surface area (Å²) in [4.78, 5) is 81.5. The van der Waals surface area contributed by atoms with E-state index >= 15 is 0 Å². The van der Waals surface area contributed by atoms with Gasteiger partial charge in [-0.05, 0) is 66.0 Å². The Hall–Kier alpha value is -5.15. The predicted octanol–water partition coefficient (Wildman–Crippen LogP) is 2.24. The first kappa shape index (κ1) is 37.7. The summed E-state index contributed by atoms with van der Waals surface area (Å²) in [7, 11) is 0. The SMILES string of the molecule is CCOC(=O)N1CCN(C(=O)C(CCC(=O)OC(C)(C)C)NC(=O)c2cc(O[C@@H](C)C(=O)N3CCCC3C(=O)O)n(-c3ccccc3)n2)CC1. The van der Waals surface area contributed by atoms with Gasteiger partial charge >= 0.3 is 18.0 Å². The van der Waals surface area contributed by atoms with Crippen molar-refractivity contribution >= 4 is 35.8 Å². The first-order valence-corrected chi connectivity index (χ1v) is 16.8. The maximum Gasteiger partial charge on any atom is 0.409 e. The number of amides is 4. The van der Waals surface area contributed by atoms with Gasteiger partial charge in [-0.15, -0.1) is 0 Å². The number of hydrogen-bond acceptors (Lipinski definition) is 10. The van der Waals surface area contributed by atoms with Crippen molar-refractivity contribution in [2.45, 2.75) is 84.1 Å². The molecule has 2 N–H and O–H groups in total. The second-order valence-electron chi connectivity index (χ2n) is 13.1. The van der Waals surface area contributed by atoms with Crippen LogP contribution in [0.1, 0.15) is 70.8 Å². The van der Waals surface area contributed by atoms with Crippen molar-refractivity contribution in [1.82, 2.24) is 29.8 Å². The number of nitrogens with zero attached hydrogens (tertiary/aromatic N) is 5. The number of hydrogen-bond donors (Lipinski definition) is 2. The quantitative estimate of drug-likeness (QED) is 0.309. The zero-order chi connectivity index (χ0) is 36.6. The van der Waals surface area contributed by atoms with Gasteiger partial charge < -0.3 is 39.3 Å². The second-order valence-corrected chi connectivity index (χ2v) is 13.1. The van der Waals surface area contributed by atoms with E-state index in [0.29, 0.717) is 18.5 Å². The van der Waals surface area contributed by atoms with Crippen molar-refractivity contribution < 1.29 is 48.1 Å². The molecular weight excluding hydrogens is 652 g/mol. The Morgan fingerprint density at radius 1 is 0.980 bits per heavy atom. The fourth-order valence-electron chi connectivity index (χ4n) is 5.75. The molecule has 0 spiro atoms. The topological polar surface area (TPSA) is 190 Å². The summed E-state index contributed by atoms with van der Waals surface area (Å²) in [5.41, 5.74) is -0.357. The molecule has 2 saturated heterocycles. The van der Waals surface area contributed by atoms with Crippen molar-refractivity contribution in [3.05, 3.63) is 42.1 Å². The summed E-state index contributed by atoms with van der Waals surface area (Å²) < 4.78 is 17.8. The molecular formula is C34H46N6O10. The van der Waals surface area contributed by atoms with E-state index in [1.807, 2.05) is 0 Å². The summed E-state index contributed by atoms with van der Waals surface area (Å²) in [6, 6.07) is 7.98. The Kier molecular flexibility index (Phi) is 12.4. The average molecular weight is 699 g/mol. The fraction of sp³-hybridized carbons (Fsp3) is 0.559. The lowest BCUT2D eigenvalue weighted by Gasteiger charge is -2.36. The van der Waals surface area contributed by atoms with Gasteiger partial charge in [-0.1, -0.05) is 18.2 Å². The number of carboxylic acids is 1. The summed E-state index contributed by atoms with van der Waals surface area (Å²) >= 11 is 0. The number of rotatable bonds is 12. The van der Waals surface area contributed by atoms with Crippen LogP contribution in [-0.2, 0) is 28.7 Å². The van der Waals surface area contributed by atoms with Crippen LogP contribution in [0.5, 0.6) is 5.88 Å². The number of aliphatic carboxylic acids is 1. The first-order valence-electron chi connectivity index (χ1n) is 16.8. The summed E-state index contributed by atoms with van der Waals surface area (Å²) in [5, 5.41) is 16.7. The summed E-state index contributed by atoms with van der Waals surface area (Å²) in [5.74, 6) is -3.28. The minimum absolute atomic E-state index is 0.0417.